The number of hydrogen-bond acceptors (Lipinski definition) is 10. The maximum absolute atomic E-state index is 14.4. The van der Waals surface area contributed by atoms with Crippen LogP contribution in [0.25, 0.3) is 0 Å². The summed E-state index contributed by atoms with van der Waals surface area (Å²) in [5.74, 6) is -2.88. The van der Waals surface area contributed by atoms with E-state index in [4.69, 9.17) is 14.2 Å². The number of rotatable bonds is 8. The van der Waals surface area contributed by atoms with Crippen LogP contribution < -0.4 is 14.4 Å². The SMILES string of the molecule is CC(C)N(C(=O)c1cc(F)ccc1Oc1nncnc1N1CC2(CC(Oc3ccnc4c3CN(C(=O)OC(C)(C)C)C4)C2)C1)C1CC(F)(F)C1. The second kappa shape index (κ2) is 12.3. The number of carbonyl (C=O) groups is 2. The number of aromatic nitrogens is 4. The van der Waals surface area contributed by atoms with Crippen molar-refractivity contribution in [1.82, 2.24) is 30.0 Å². The molecule has 50 heavy (non-hydrogen) atoms. The van der Waals surface area contributed by atoms with Crippen LogP contribution in [-0.2, 0) is 17.8 Å². The minimum atomic E-state index is -2.83. The van der Waals surface area contributed by atoms with E-state index in [0.717, 1.165) is 42.0 Å². The van der Waals surface area contributed by atoms with Crippen LogP contribution in [0.5, 0.6) is 17.4 Å². The lowest BCUT2D eigenvalue weighted by molar-refractivity contribution is -0.120. The summed E-state index contributed by atoms with van der Waals surface area (Å²) >= 11 is 0. The molecule has 1 spiro atoms. The quantitative estimate of drug-likeness (QED) is 0.271. The Morgan fingerprint density at radius 3 is 2.44 bits per heavy atom. The number of amides is 2. The van der Waals surface area contributed by atoms with Crippen molar-refractivity contribution in [2.24, 2.45) is 5.41 Å². The van der Waals surface area contributed by atoms with Crippen LogP contribution in [0.1, 0.15) is 81.9 Å². The monoisotopic (exact) mass is 695 g/mol. The van der Waals surface area contributed by atoms with Crippen molar-refractivity contribution >= 4 is 17.8 Å². The zero-order chi connectivity index (χ0) is 35.6. The fraction of sp³-hybridized carbons (Fsp3) is 0.543. The smallest absolute Gasteiger partial charge is 0.410 e. The van der Waals surface area contributed by atoms with E-state index in [2.05, 4.69) is 20.2 Å². The number of anilines is 1. The van der Waals surface area contributed by atoms with Gasteiger partial charge in [0.1, 0.15) is 35.3 Å². The number of nitrogens with zero attached hydrogens (tertiary/aromatic N) is 7. The number of fused-ring (bicyclic) bond motifs is 1. The van der Waals surface area contributed by atoms with Crippen molar-refractivity contribution in [1.29, 1.82) is 0 Å². The number of hydrogen-bond donors (Lipinski definition) is 0. The standard InChI is InChI=1S/C35H40F3N7O5/c1-20(2)45(22-11-35(37,38)12-22)31(46)24-10-21(36)6-7-27(24)49-30-29(40-19-41-42-30)44-17-34(18-44)13-23(14-34)48-28-8-9-39-26-16-43(15-25(26)28)32(47)50-33(3,4)5/h6-10,19-20,22-23H,11-18H2,1-5H3. The topological polar surface area (TPSA) is 123 Å². The molecule has 2 saturated carbocycles. The van der Waals surface area contributed by atoms with E-state index < -0.39 is 48.2 Å². The third-order valence-electron chi connectivity index (χ3n) is 9.61. The van der Waals surface area contributed by atoms with Gasteiger partial charge in [0.25, 0.3) is 17.7 Å². The van der Waals surface area contributed by atoms with Crippen LogP contribution >= 0.6 is 0 Å². The van der Waals surface area contributed by atoms with Gasteiger partial charge < -0.3 is 24.0 Å². The Kier molecular flexibility index (Phi) is 8.29. The zero-order valence-electron chi connectivity index (χ0n) is 28.7. The molecule has 1 saturated heterocycles. The molecule has 12 nitrogen and oxygen atoms in total. The maximum atomic E-state index is 14.4. The lowest BCUT2D eigenvalue weighted by Gasteiger charge is -2.58. The van der Waals surface area contributed by atoms with Crippen molar-refractivity contribution in [2.45, 2.75) is 103 Å². The summed E-state index contributed by atoms with van der Waals surface area (Å²) in [5.41, 5.74) is 1.01. The number of carbonyl (C=O) groups excluding carboxylic acids is 2. The average molecular weight is 696 g/mol. The Hall–Kier alpha value is -4.69. The predicted molar refractivity (Wildman–Crippen MR) is 174 cm³/mol. The normalized spacial score (nSPS) is 19.4. The zero-order valence-corrected chi connectivity index (χ0v) is 28.7. The Bertz CT molecular complexity index is 1800. The number of alkyl halides is 2. The average Bonchev–Trinajstić information content (AvgIpc) is 3.43. The van der Waals surface area contributed by atoms with Crippen LogP contribution in [0, 0.1) is 11.2 Å². The summed E-state index contributed by atoms with van der Waals surface area (Å²) in [6.45, 7) is 11.0. The van der Waals surface area contributed by atoms with E-state index in [0.29, 0.717) is 32.0 Å². The van der Waals surface area contributed by atoms with Crippen LogP contribution in [0.3, 0.4) is 0 Å². The van der Waals surface area contributed by atoms with E-state index >= 15 is 0 Å². The molecule has 4 aliphatic rings. The highest BCUT2D eigenvalue weighted by Gasteiger charge is 2.55. The number of halogens is 3. The molecule has 2 aliphatic heterocycles. The lowest BCUT2D eigenvalue weighted by atomic mass is 9.61. The molecule has 266 valence electrons. The summed E-state index contributed by atoms with van der Waals surface area (Å²) in [6.07, 6.45) is 3.34. The van der Waals surface area contributed by atoms with E-state index in [1.807, 2.05) is 31.7 Å². The maximum Gasteiger partial charge on any atom is 0.410 e. The molecule has 2 aliphatic carbocycles. The second-order valence-corrected chi connectivity index (χ2v) is 15.1. The van der Waals surface area contributed by atoms with Crippen molar-refractivity contribution < 1.29 is 37.0 Å². The largest absolute Gasteiger partial charge is 0.490 e. The molecule has 0 radical (unpaired) electrons. The van der Waals surface area contributed by atoms with Crippen molar-refractivity contribution in [3.63, 3.8) is 0 Å². The third kappa shape index (κ3) is 6.61. The van der Waals surface area contributed by atoms with Crippen molar-refractivity contribution in [2.75, 3.05) is 18.0 Å². The highest BCUT2D eigenvalue weighted by molar-refractivity contribution is 5.97. The fourth-order valence-electron chi connectivity index (χ4n) is 7.35. The molecule has 0 N–H and O–H groups in total. The highest BCUT2D eigenvalue weighted by atomic mass is 19.3. The van der Waals surface area contributed by atoms with Gasteiger partial charge in [-0.1, -0.05) is 0 Å². The van der Waals surface area contributed by atoms with Gasteiger partial charge in [0.15, 0.2) is 5.82 Å². The molecule has 2 amide bonds. The van der Waals surface area contributed by atoms with E-state index in [1.165, 1.54) is 17.3 Å². The molecule has 4 heterocycles. The second-order valence-electron chi connectivity index (χ2n) is 15.1. The Labute approximate surface area is 287 Å². The number of benzene rings is 1. The summed E-state index contributed by atoms with van der Waals surface area (Å²) in [7, 11) is 0. The van der Waals surface area contributed by atoms with Crippen LogP contribution in [0.15, 0.2) is 36.8 Å². The van der Waals surface area contributed by atoms with Gasteiger partial charge in [-0.3, -0.25) is 14.7 Å². The van der Waals surface area contributed by atoms with Crippen molar-refractivity contribution in [3.8, 4) is 17.4 Å². The summed E-state index contributed by atoms with van der Waals surface area (Å²) in [6, 6.07) is 4.31. The Morgan fingerprint density at radius 1 is 1.02 bits per heavy atom. The number of ether oxygens (including phenoxy) is 3. The summed E-state index contributed by atoms with van der Waals surface area (Å²) in [5, 5.41) is 8.01. The van der Waals surface area contributed by atoms with Gasteiger partial charge in [-0.05, 0) is 71.7 Å². The fourth-order valence-corrected chi connectivity index (χ4v) is 7.35. The van der Waals surface area contributed by atoms with Gasteiger partial charge in [0.05, 0.1) is 24.3 Å². The number of pyridine rings is 1. The Balaban J connectivity index is 0.991. The minimum Gasteiger partial charge on any atom is -0.490 e. The minimum absolute atomic E-state index is 0.00520. The first-order valence-corrected chi connectivity index (χ1v) is 16.8. The molecule has 1 aromatic carbocycles. The van der Waals surface area contributed by atoms with Crippen molar-refractivity contribution in [3.05, 3.63) is 59.4 Å². The van der Waals surface area contributed by atoms with Gasteiger partial charge in [-0.25, -0.2) is 22.9 Å². The van der Waals surface area contributed by atoms with Gasteiger partial charge in [-0.15, -0.1) is 10.2 Å². The molecule has 7 rings (SSSR count). The van der Waals surface area contributed by atoms with E-state index in [1.54, 1.807) is 24.9 Å². The molecular formula is C35H40F3N7O5. The predicted octanol–water partition coefficient (Wildman–Crippen LogP) is 6.14. The Morgan fingerprint density at radius 2 is 1.76 bits per heavy atom. The summed E-state index contributed by atoms with van der Waals surface area (Å²) < 4.78 is 59.9. The molecule has 0 bridgehead atoms. The van der Waals surface area contributed by atoms with Gasteiger partial charge in [-0.2, -0.15) is 0 Å². The molecule has 15 heteroatoms. The lowest BCUT2D eigenvalue weighted by Crippen LogP contribution is -2.65. The van der Waals surface area contributed by atoms with Gasteiger partial charge >= 0.3 is 6.09 Å². The molecular weight excluding hydrogens is 655 g/mol. The van der Waals surface area contributed by atoms with Crippen LogP contribution in [-0.4, -0.2) is 84.8 Å². The molecule has 0 atom stereocenters. The van der Waals surface area contributed by atoms with E-state index in [9.17, 15) is 22.8 Å². The molecule has 0 unspecified atom stereocenters. The molecule has 3 fully saturated rings. The van der Waals surface area contributed by atoms with Crippen LogP contribution in [0.2, 0.25) is 0 Å². The molecule has 2 aromatic heterocycles. The first-order chi connectivity index (χ1) is 23.6. The van der Waals surface area contributed by atoms with Crippen LogP contribution in [0.4, 0.5) is 23.8 Å². The van der Waals surface area contributed by atoms with Gasteiger partial charge in [0.2, 0.25) is 0 Å². The van der Waals surface area contributed by atoms with Gasteiger partial charge in [0, 0.05) is 55.2 Å². The molecule has 3 aromatic rings. The van der Waals surface area contributed by atoms with E-state index in [-0.39, 0.29) is 34.8 Å². The first kappa shape index (κ1) is 33.8. The first-order valence-electron chi connectivity index (χ1n) is 16.8. The third-order valence-corrected chi connectivity index (χ3v) is 9.61. The summed E-state index contributed by atoms with van der Waals surface area (Å²) in [4.78, 5) is 40.2. The highest BCUT2D eigenvalue weighted by Crippen LogP contribution is 2.52.